The molecule has 2 aromatic heterocycles. The maximum atomic E-state index is 15.8. The number of carbonyl (C=O) groups is 1. The summed E-state index contributed by atoms with van der Waals surface area (Å²) in [5, 5.41) is 10.2. The van der Waals surface area contributed by atoms with Crippen LogP contribution in [-0.4, -0.2) is 91.3 Å². The number of amides is 1. The Labute approximate surface area is 235 Å². The summed E-state index contributed by atoms with van der Waals surface area (Å²) in [6.07, 6.45) is -0.947. The van der Waals surface area contributed by atoms with Gasteiger partial charge in [0.1, 0.15) is 42.3 Å². The maximum Gasteiger partial charge on any atom is 0.387 e. The van der Waals surface area contributed by atoms with Gasteiger partial charge in [-0.1, -0.05) is 12.2 Å². The summed E-state index contributed by atoms with van der Waals surface area (Å²) < 4.78 is 58.5. The normalized spacial score (nSPS) is 36.9. The molecule has 0 saturated carbocycles. The molecule has 4 aliphatic heterocycles. The predicted octanol–water partition coefficient (Wildman–Crippen LogP) is 0.796. The van der Waals surface area contributed by atoms with Crippen molar-refractivity contribution in [1.29, 1.82) is 5.41 Å². The molecule has 21 heteroatoms. The van der Waals surface area contributed by atoms with E-state index >= 15 is 4.39 Å². The first-order valence-corrected chi connectivity index (χ1v) is 16.9. The van der Waals surface area contributed by atoms with Gasteiger partial charge < -0.3 is 33.5 Å². The molecule has 6 rings (SSSR count). The zero-order valence-electron chi connectivity index (χ0n) is 20.1. The summed E-state index contributed by atoms with van der Waals surface area (Å²) in [6.45, 7) is -9.08. The Morgan fingerprint density at radius 3 is 2.98 bits per heavy atom. The summed E-state index contributed by atoms with van der Waals surface area (Å²) in [5.74, 6) is -0.515. The van der Waals surface area contributed by atoms with Crippen molar-refractivity contribution >= 4 is 66.8 Å². The number of fused-ring (bicyclic) bond motifs is 6. The van der Waals surface area contributed by atoms with Crippen molar-refractivity contribution in [3.05, 3.63) is 30.1 Å². The number of aromatic nitrogens is 4. The Balaban J connectivity index is 1.33. The zero-order chi connectivity index (χ0) is 28.2. The third kappa shape index (κ3) is 5.38. The zero-order valence-corrected chi connectivity index (χ0v) is 23.6. The van der Waals surface area contributed by atoms with E-state index in [1.54, 1.807) is 4.57 Å². The van der Waals surface area contributed by atoms with Crippen molar-refractivity contribution in [2.75, 3.05) is 13.2 Å². The molecule has 0 aromatic carbocycles. The van der Waals surface area contributed by atoms with Gasteiger partial charge in [-0.15, -0.1) is 0 Å². The topological polar surface area (TPSA) is 196 Å². The number of nitrogens with one attached hydrogen (secondary N) is 2. The van der Waals surface area contributed by atoms with Gasteiger partial charge in [0.05, 0.1) is 31.4 Å². The van der Waals surface area contributed by atoms with Crippen LogP contribution in [0.3, 0.4) is 0 Å². The van der Waals surface area contributed by atoms with Crippen molar-refractivity contribution in [2.45, 2.75) is 43.8 Å². The molecule has 40 heavy (non-hydrogen) atoms. The number of thiol groups is 1. The molecule has 1 saturated heterocycles. The highest BCUT2D eigenvalue weighted by Gasteiger charge is 2.54. The van der Waals surface area contributed by atoms with E-state index in [9.17, 15) is 14.3 Å². The van der Waals surface area contributed by atoms with Crippen LogP contribution < -0.4 is 5.32 Å². The van der Waals surface area contributed by atoms with Crippen LogP contribution in [0.4, 0.5) is 4.39 Å². The van der Waals surface area contributed by atoms with Crippen LogP contribution in [0.15, 0.2) is 29.3 Å². The average molecular weight is 635 g/mol. The van der Waals surface area contributed by atoms with Gasteiger partial charge in [0.15, 0.2) is 24.1 Å². The first-order valence-electron chi connectivity index (χ1n) is 11.7. The molecule has 2 bridgehead atoms. The largest absolute Gasteiger partial charge is 0.387 e. The third-order valence-corrected chi connectivity index (χ3v) is 9.54. The molecule has 1 amide bonds. The molecule has 0 spiro atoms. The molecule has 16 nitrogen and oxygen atoms in total. The highest BCUT2D eigenvalue weighted by Crippen LogP contribution is 2.57. The SMILES string of the molecule is N=C1C=C2C(N=CN2[C@@H]2O[C@@H]3COP(O)(=S)OCCn4c(nc5cncnc54)COP(=O)(S)O[C@@H]2[C@H]3F)C(=O)N1. The smallest absolute Gasteiger partial charge is 0.346 e. The Morgan fingerprint density at radius 1 is 1.32 bits per heavy atom. The number of carbonyl (C=O) groups excluding carboxylic acids is 1. The number of ether oxygens (including phenoxy) is 1. The van der Waals surface area contributed by atoms with E-state index in [1.807, 2.05) is 0 Å². The summed E-state index contributed by atoms with van der Waals surface area (Å²) in [4.78, 5) is 40.8. The van der Waals surface area contributed by atoms with E-state index < -0.39 is 56.7 Å². The minimum absolute atomic E-state index is 0.107. The second-order valence-corrected chi connectivity index (χ2v) is 14.6. The Hall–Kier alpha value is -2.18. The van der Waals surface area contributed by atoms with Crippen LogP contribution >= 0.6 is 25.8 Å². The molecule has 3 unspecified atom stereocenters. The molecule has 7 atom stereocenters. The minimum Gasteiger partial charge on any atom is -0.346 e. The Bertz CT molecular complexity index is 1540. The van der Waals surface area contributed by atoms with Crippen molar-refractivity contribution in [3.8, 4) is 0 Å². The predicted molar refractivity (Wildman–Crippen MR) is 142 cm³/mol. The molecular weight excluding hydrogens is 613 g/mol. The number of nitrogens with zero attached hydrogens (tertiary/aromatic N) is 6. The monoisotopic (exact) mass is 634 g/mol. The van der Waals surface area contributed by atoms with Crippen LogP contribution in [0, 0.1) is 5.41 Å². The number of alkyl halides is 1. The first kappa shape index (κ1) is 28.0. The Morgan fingerprint density at radius 2 is 2.15 bits per heavy atom. The van der Waals surface area contributed by atoms with Crippen LogP contribution in [0.5, 0.6) is 0 Å². The summed E-state index contributed by atoms with van der Waals surface area (Å²) in [7, 11) is 0. The molecule has 1 fully saturated rings. The van der Waals surface area contributed by atoms with Crippen molar-refractivity contribution in [1.82, 2.24) is 29.7 Å². The van der Waals surface area contributed by atoms with E-state index in [0.29, 0.717) is 11.2 Å². The van der Waals surface area contributed by atoms with Crippen molar-refractivity contribution < 1.29 is 41.5 Å². The molecule has 0 aliphatic carbocycles. The molecular formula is C19H21FN8O8P2S2. The van der Waals surface area contributed by atoms with Crippen LogP contribution in [-0.2, 0) is 57.1 Å². The second-order valence-electron chi connectivity index (χ2n) is 8.88. The summed E-state index contributed by atoms with van der Waals surface area (Å²) >= 11 is 9.15. The number of hydrogen-bond acceptors (Lipinski definition) is 14. The van der Waals surface area contributed by atoms with Gasteiger partial charge >= 0.3 is 13.5 Å². The maximum absolute atomic E-state index is 15.8. The van der Waals surface area contributed by atoms with Crippen molar-refractivity contribution in [2.24, 2.45) is 4.99 Å². The number of rotatable bonds is 1. The van der Waals surface area contributed by atoms with Crippen LogP contribution in [0.1, 0.15) is 5.82 Å². The molecule has 0 radical (unpaired) electrons. The van der Waals surface area contributed by atoms with E-state index in [0.717, 1.165) is 0 Å². The number of amidine groups is 1. The van der Waals surface area contributed by atoms with Gasteiger partial charge in [-0.25, -0.2) is 23.9 Å². The van der Waals surface area contributed by atoms with Crippen LogP contribution in [0.25, 0.3) is 11.2 Å². The van der Waals surface area contributed by atoms with E-state index in [4.69, 9.17) is 40.0 Å². The summed E-state index contributed by atoms with van der Waals surface area (Å²) in [5.41, 5.74) is 1.04. The molecule has 4 aliphatic rings. The van der Waals surface area contributed by atoms with E-state index in [-0.39, 0.29) is 37.1 Å². The van der Waals surface area contributed by atoms with Gasteiger partial charge in [0.2, 0.25) is 0 Å². The standard InChI is InChI=1S/C19H21FN8O8P2S2/c20-14-11-5-33-37(30,39)32-2-1-27-13(25-9-4-22-7-23-17(9)27)6-34-38(31,40)36-16(14)19(35-11)28-8-24-15-10(28)3-12(21)26-18(15)29/h3-4,7-8,11,14-16,19H,1-2,5-6H2,(H,30,39)(H,31,40)(H2,21,26,29)/t11-,14+,15?,16-,19-,37?,38?/m1/s1. The number of hydrogen-bond donors (Lipinski definition) is 4. The fourth-order valence-corrected chi connectivity index (χ4v) is 7.08. The van der Waals surface area contributed by atoms with Crippen LogP contribution in [0.2, 0.25) is 0 Å². The first-order chi connectivity index (χ1) is 19.0. The third-order valence-electron chi connectivity index (χ3n) is 6.33. The lowest BCUT2D eigenvalue weighted by Crippen LogP contribution is -2.48. The molecule has 2 aromatic rings. The van der Waals surface area contributed by atoms with Gasteiger partial charge in [-0.05, 0) is 11.8 Å². The number of halogens is 1. The van der Waals surface area contributed by atoms with E-state index in [2.05, 4.69) is 37.5 Å². The van der Waals surface area contributed by atoms with Gasteiger partial charge in [0, 0.05) is 12.6 Å². The fraction of sp³-hybridized carbons (Fsp3) is 0.474. The summed E-state index contributed by atoms with van der Waals surface area (Å²) in [6, 6.07) is -1.00. The lowest BCUT2D eigenvalue weighted by molar-refractivity contribution is -0.120. The Kier molecular flexibility index (Phi) is 7.40. The molecule has 6 heterocycles. The van der Waals surface area contributed by atoms with E-state index in [1.165, 1.54) is 29.8 Å². The van der Waals surface area contributed by atoms with Gasteiger partial charge in [-0.3, -0.25) is 24.2 Å². The minimum atomic E-state index is -4.28. The molecule has 214 valence electrons. The average Bonchev–Trinajstić information content (AvgIpc) is 3.55. The van der Waals surface area contributed by atoms with Gasteiger partial charge in [-0.2, -0.15) is 0 Å². The fourth-order valence-electron chi connectivity index (χ4n) is 4.59. The highest BCUT2D eigenvalue weighted by molar-refractivity contribution is 8.44. The quantitative estimate of drug-likeness (QED) is 0.254. The molecule has 3 N–H and O–H groups in total. The number of imidazole rings is 1. The highest BCUT2D eigenvalue weighted by atomic mass is 32.7. The lowest BCUT2D eigenvalue weighted by Gasteiger charge is -2.31. The lowest BCUT2D eigenvalue weighted by atomic mass is 10.1. The number of aliphatic imine (C=N–C) groups is 1. The second kappa shape index (κ2) is 10.6. The van der Waals surface area contributed by atoms with Crippen molar-refractivity contribution in [3.63, 3.8) is 0 Å². The van der Waals surface area contributed by atoms with Gasteiger partial charge in [0.25, 0.3) is 5.91 Å².